The molecule has 0 saturated carbocycles. The molecular weight excluding hydrogens is 236 g/mol. The number of hydrogen-bond acceptors (Lipinski definition) is 2. The zero-order valence-corrected chi connectivity index (χ0v) is 10.3. The second kappa shape index (κ2) is 5.19. The van der Waals surface area contributed by atoms with E-state index in [1.807, 2.05) is 36.4 Å². The molecular formula is C14H13ClO2. The highest BCUT2D eigenvalue weighted by molar-refractivity contribution is 6.31. The Labute approximate surface area is 105 Å². The smallest absolute Gasteiger partial charge is 0.310 e. The molecule has 2 nitrogen and oxygen atoms in total. The summed E-state index contributed by atoms with van der Waals surface area (Å²) in [4.78, 5) is 11.4. The van der Waals surface area contributed by atoms with Gasteiger partial charge in [0.15, 0.2) is 0 Å². The Morgan fingerprint density at radius 1 is 1.18 bits per heavy atom. The molecule has 0 spiro atoms. The fourth-order valence-electron chi connectivity index (χ4n) is 1.75. The average Bonchev–Trinajstić information content (AvgIpc) is 2.29. The fraction of sp³-hybridized carbons (Fsp3) is 0.214. The van der Waals surface area contributed by atoms with Crippen LogP contribution in [-0.2, 0) is 16.0 Å². The van der Waals surface area contributed by atoms with Crippen molar-refractivity contribution in [3.63, 3.8) is 0 Å². The van der Waals surface area contributed by atoms with Crippen molar-refractivity contribution in [2.75, 3.05) is 6.61 Å². The van der Waals surface area contributed by atoms with Gasteiger partial charge in [0.1, 0.15) is 0 Å². The van der Waals surface area contributed by atoms with Crippen LogP contribution in [0.3, 0.4) is 0 Å². The zero-order chi connectivity index (χ0) is 12.3. The third-order valence-corrected chi connectivity index (χ3v) is 2.76. The van der Waals surface area contributed by atoms with E-state index in [1.165, 1.54) is 0 Å². The molecule has 88 valence electrons. The quantitative estimate of drug-likeness (QED) is 0.776. The number of ether oxygens (including phenoxy) is 1. The van der Waals surface area contributed by atoms with Crippen LogP contribution in [0.25, 0.3) is 10.8 Å². The summed E-state index contributed by atoms with van der Waals surface area (Å²) >= 11 is 5.91. The van der Waals surface area contributed by atoms with Crippen LogP contribution in [0, 0.1) is 0 Å². The Kier molecular flexibility index (Phi) is 3.64. The molecule has 0 aliphatic carbocycles. The molecule has 0 saturated heterocycles. The van der Waals surface area contributed by atoms with E-state index in [1.54, 1.807) is 6.92 Å². The minimum Gasteiger partial charge on any atom is -0.466 e. The molecule has 0 fully saturated rings. The number of esters is 1. The Hall–Kier alpha value is -1.54. The number of rotatable bonds is 3. The minimum absolute atomic E-state index is 0.194. The highest BCUT2D eigenvalue weighted by Gasteiger charge is 2.04. The van der Waals surface area contributed by atoms with Crippen LogP contribution >= 0.6 is 11.6 Å². The number of carbonyl (C=O) groups is 1. The minimum atomic E-state index is -0.194. The van der Waals surface area contributed by atoms with Crippen molar-refractivity contribution in [2.45, 2.75) is 13.3 Å². The van der Waals surface area contributed by atoms with Gasteiger partial charge in [0.25, 0.3) is 0 Å². The molecule has 0 atom stereocenters. The van der Waals surface area contributed by atoms with Crippen molar-refractivity contribution in [2.24, 2.45) is 0 Å². The van der Waals surface area contributed by atoms with Crippen molar-refractivity contribution in [1.29, 1.82) is 0 Å². The van der Waals surface area contributed by atoms with Crippen molar-refractivity contribution in [3.8, 4) is 0 Å². The van der Waals surface area contributed by atoms with Gasteiger partial charge in [0.2, 0.25) is 0 Å². The van der Waals surface area contributed by atoms with E-state index in [4.69, 9.17) is 16.3 Å². The summed E-state index contributed by atoms with van der Waals surface area (Å²) in [5.74, 6) is -0.194. The molecule has 0 amide bonds. The van der Waals surface area contributed by atoms with E-state index < -0.39 is 0 Å². The van der Waals surface area contributed by atoms with Gasteiger partial charge >= 0.3 is 5.97 Å². The van der Waals surface area contributed by atoms with Gasteiger partial charge in [-0.2, -0.15) is 0 Å². The second-order valence-corrected chi connectivity index (χ2v) is 4.24. The van der Waals surface area contributed by atoms with E-state index in [-0.39, 0.29) is 5.97 Å². The molecule has 2 aromatic carbocycles. The fourth-order valence-corrected chi connectivity index (χ4v) is 1.94. The van der Waals surface area contributed by atoms with Gasteiger partial charge in [-0.3, -0.25) is 4.79 Å². The van der Waals surface area contributed by atoms with Crippen LogP contribution in [0.1, 0.15) is 12.5 Å². The van der Waals surface area contributed by atoms with Gasteiger partial charge in [-0.25, -0.2) is 0 Å². The van der Waals surface area contributed by atoms with Crippen molar-refractivity contribution in [3.05, 3.63) is 47.0 Å². The molecule has 0 radical (unpaired) electrons. The normalized spacial score (nSPS) is 10.5. The molecule has 2 aromatic rings. The van der Waals surface area contributed by atoms with Crippen LogP contribution in [-0.4, -0.2) is 12.6 Å². The van der Waals surface area contributed by atoms with Gasteiger partial charge in [-0.1, -0.05) is 35.9 Å². The molecule has 3 heteroatoms. The monoisotopic (exact) mass is 248 g/mol. The predicted octanol–water partition coefficient (Wildman–Crippen LogP) is 3.60. The maximum Gasteiger partial charge on any atom is 0.310 e. The number of benzene rings is 2. The van der Waals surface area contributed by atoms with Gasteiger partial charge < -0.3 is 4.74 Å². The molecule has 0 aliphatic heterocycles. The van der Waals surface area contributed by atoms with Gasteiger partial charge in [-0.05, 0) is 35.4 Å². The number of carbonyl (C=O) groups excluding carboxylic acids is 1. The lowest BCUT2D eigenvalue weighted by atomic mass is 10.1. The van der Waals surface area contributed by atoms with Gasteiger partial charge in [0.05, 0.1) is 13.0 Å². The van der Waals surface area contributed by atoms with Gasteiger partial charge in [-0.15, -0.1) is 0 Å². The number of halogens is 1. The average molecular weight is 249 g/mol. The summed E-state index contributed by atoms with van der Waals surface area (Å²) in [6.07, 6.45) is 0.312. The maximum atomic E-state index is 11.4. The highest BCUT2D eigenvalue weighted by Crippen LogP contribution is 2.20. The third-order valence-electron chi connectivity index (χ3n) is 2.52. The first-order valence-electron chi connectivity index (χ1n) is 5.53. The summed E-state index contributed by atoms with van der Waals surface area (Å²) in [7, 11) is 0. The standard InChI is InChI=1S/C14H13ClO2/c1-2-17-14(16)8-10-3-4-12-9-13(15)6-5-11(12)7-10/h3-7,9H,2,8H2,1H3. The SMILES string of the molecule is CCOC(=O)Cc1ccc2cc(Cl)ccc2c1. The maximum absolute atomic E-state index is 11.4. The molecule has 0 aromatic heterocycles. The summed E-state index contributed by atoms with van der Waals surface area (Å²) in [5, 5.41) is 2.87. The van der Waals surface area contributed by atoms with Crippen molar-refractivity contribution < 1.29 is 9.53 Å². The number of hydrogen-bond donors (Lipinski definition) is 0. The molecule has 0 N–H and O–H groups in total. The lowest BCUT2D eigenvalue weighted by Crippen LogP contribution is -2.07. The Balaban J connectivity index is 2.26. The Morgan fingerprint density at radius 2 is 1.88 bits per heavy atom. The third kappa shape index (κ3) is 2.98. The van der Waals surface area contributed by atoms with E-state index in [0.29, 0.717) is 13.0 Å². The van der Waals surface area contributed by atoms with Crippen LogP contribution in [0.4, 0.5) is 0 Å². The van der Waals surface area contributed by atoms with E-state index in [2.05, 4.69) is 0 Å². The predicted molar refractivity (Wildman–Crippen MR) is 69.3 cm³/mol. The molecule has 0 unspecified atom stereocenters. The molecule has 17 heavy (non-hydrogen) atoms. The summed E-state index contributed by atoms with van der Waals surface area (Å²) in [5.41, 5.74) is 0.957. The molecule has 0 heterocycles. The van der Waals surface area contributed by atoms with Gasteiger partial charge in [0, 0.05) is 5.02 Å². The molecule has 0 bridgehead atoms. The van der Waals surface area contributed by atoms with Crippen LogP contribution < -0.4 is 0 Å². The van der Waals surface area contributed by atoms with Crippen LogP contribution in [0.5, 0.6) is 0 Å². The topological polar surface area (TPSA) is 26.3 Å². The second-order valence-electron chi connectivity index (χ2n) is 3.81. The van der Waals surface area contributed by atoms with E-state index in [0.717, 1.165) is 21.4 Å². The van der Waals surface area contributed by atoms with Crippen molar-refractivity contribution >= 4 is 28.3 Å². The largest absolute Gasteiger partial charge is 0.466 e. The first kappa shape index (κ1) is 11.9. The lowest BCUT2D eigenvalue weighted by molar-refractivity contribution is -0.142. The van der Waals surface area contributed by atoms with E-state index in [9.17, 15) is 4.79 Å². The first-order chi connectivity index (χ1) is 8.19. The zero-order valence-electron chi connectivity index (χ0n) is 9.57. The highest BCUT2D eigenvalue weighted by atomic mass is 35.5. The summed E-state index contributed by atoms with van der Waals surface area (Å²) < 4.78 is 4.92. The Morgan fingerprint density at radius 3 is 2.65 bits per heavy atom. The summed E-state index contributed by atoms with van der Waals surface area (Å²) in [6.45, 7) is 2.22. The number of fused-ring (bicyclic) bond motifs is 1. The first-order valence-corrected chi connectivity index (χ1v) is 5.90. The lowest BCUT2D eigenvalue weighted by Gasteiger charge is -2.04. The van der Waals surface area contributed by atoms with Crippen LogP contribution in [0.2, 0.25) is 5.02 Å². The Bertz CT molecular complexity index is 549. The molecule has 2 rings (SSSR count). The van der Waals surface area contributed by atoms with Crippen molar-refractivity contribution in [1.82, 2.24) is 0 Å². The summed E-state index contributed by atoms with van der Waals surface area (Å²) in [6, 6.07) is 11.6. The van der Waals surface area contributed by atoms with Crippen LogP contribution in [0.15, 0.2) is 36.4 Å². The van der Waals surface area contributed by atoms with E-state index >= 15 is 0 Å². The molecule has 0 aliphatic rings.